The fraction of sp³-hybridized carbons (Fsp3) is 0.455. The molecule has 2 heteroatoms. The number of ether oxygens (including phenoxy) is 1. The third-order valence-electron chi connectivity index (χ3n) is 2.12. The van der Waals surface area contributed by atoms with E-state index in [1.165, 1.54) is 13.2 Å². The van der Waals surface area contributed by atoms with Crippen LogP contribution in [0.25, 0.3) is 0 Å². The van der Waals surface area contributed by atoms with Crippen LogP contribution < -0.4 is 4.74 Å². The second-order valence-electron chi connectivity index (χ2n) is 3.51. The van der Waals surface area contributed by atoms with Gasteiger partial charge in [-0.3, -0.25) is 0 Å². The molecule has 13 heavy (non-hydrogen) atoms. The first-order chi connectivity index (χ1) is 6.06. The van der Waals surface area contributed by atoms with Crippen LogP contribution in [0.5, 0.6) is 5.75 Å². The lowest BCUT2D eigenvalue weighted by molar-refractivity contribution is 0.383. The predicted molar refractivity (Wildman–Crippen MR) is 51.8 cm³/mol. The van der Waals surface area contributed by atoms with Gasteiger partial charge in [-0.2, -0.15) is 0 Å². The highest BCUT2D eigenvalue weighted by molar-refractivity contribution is 5.38. The lowest BCUT2D eigenvalue weighted by Crippen LogP contribution is -1.96. The van der Waals surface area contributed by atoms with Crippen molar-refractivity contribution in [3.63, 3.8) is 0 Å². The van der Waals surface area contributed by atoms with Gasteiger partial charge in [0.05, 0.1) is 7.11 Å². The fourth-order valence-corrected chi connectivity index (χ4v) is 1.35. The minimum absolute atomic E-state index is 0.272. The summed E-state index contributed by atoms with van der Waals surface area (Å²) in [5.74, 6) is 0.426. The number of benzene rings is 1. The molecule has 72 valence electrons. The van der Waals surface area contributed by atoms with Gasteiger partial charge < -0.3 is 4.74 Å². The molecule has 0 spiro atoms. The fourth-order valence-electron chi connectivity index (χ4n) is 1.35. The van der Waals surface area contributed by atoms with Gasteiger partial charge in [-0.05, 0) is 30.0 Å². The van der Waals surface area contributed by atoms with Crippen LogP contribution in [0.1, 0.15) is 30.9 Å². The van der Waals surface area contributed by atoms with Crippen LogP contribution in [0, 0.1) is 12.7 Å². The molecule has 1 rings (SSSR count). The molecule has 0 saturated heterocycles. The Kier molecular flexibility index (Phi) is 2.91. The summed E-state index contributed by atoms with van der Waals surface area (Å²) in [5, 5.41) is 0. The minimum Gasteiger partial charge on any atom is -0.493 e. The standard InChI is InChI=1S/C11H15FO/c1-7(2)9-5-8(3)11(13-4)10(12)6-9/h5-7H,1-4H3. The molecule has 0 fully saturated rings. The van der Waals surface area contributed by atoms with Crippen LogP contribution in [0.4, 0.5) is 4.39 Å². The Morgan fingerprint density at radius 3 is 2.31 bits per heavy atom. The summed E-state index contributed by atoms with van der Waals surface area (Å²) in [6, 6.07) is 3.50. The highest BCUT2D eigenvalue weighted by Gasteiger charge is 2.09. The molecule has 0 heterocycles. The summed E-state index contributed by atoms with van der Waals surface area (Å²) >= 11 is 0. The maximum Gasteiger partial charge on any atom is 0.165 e. The van der Waals surface area contributed by atoms with E-state index >= 15 is 0 Å². The largest absolute Gasteiger partial charge is 0.493 e. The number of aryl methyl sites for hydroxylation is 1. The van der Waals surface area contributed by atoms with Crippen LogP contribution >= 0.6 is 0 Å². The van der Waals surface area contributed by atoms with Gasteiger partial charge in [0, 0.05) is 0 Å². The van der Waals surface area contributed by atoms with Crippen molar-refractivity contribution in [1.29, 1.82) is 0 Å². The van der Waals surface area contributed by atoms with E-state index in [0.29, 0.717) is 11.7 Å². The molecular formula is C11H15FO. The first-order valence-corrected chi connectivity index (χ1v) is 4.40. The third kappa shape index (κ3) is 2.00. The lowest BCUT2D eigenvalue weighted by Gasteiger charge is -2.10. The van der Waals surface area contributed by atoms with Gasteiger partial charge in [0.2, 0.25) is 0 Å². The molecule has 0 aliphatic heterocycles. The highest BCUT2D eigenvalue weighted by Crippen LogP contribution is 2.26. The van der Waals surface area contributed by atoms with Crippen LogP contribution in [-0.4, -0.2) is 7.11 Å². The van der Waals surface area contributed by atoms with Crippen molar-refractivity contribution >= 4 is 0 Å². The Labute approximate surface area is 78.5 Å². The molecule has 0 aliphatic carbocycles. The lowest BCUT2D eigenvalue weighted by atomic mass is 10.0. The van der Waals surface area contributed by atoms with Crippen LogP contribution in [0.15, 0.2) is 12.1 Å². The van der Waals surface area contributed by atoms with E-state index in [9.17, 15) is 4.39 Å². The van der Waals surface area contributed by atoms with E-state index in [-0.39, 0.29) is 5.82 Å². The number of methoxy groups -OCH3 is 1. The average Bonchev–Trinajstić information content (AvgIpc) is 2.03. The van der Waals surface area contributed by atoms with Crippen molar-refractivity contribution in [3.8, 4) is 5.75 Å². The topological polar surface area (TPSA) is 9.23 Å². The maximum absolute atomic E-state index is 13.3. The van der Waals surface area contributed by atoms with Gasteiger partial charge in [-0.25, -0.2) is 4.39 Å². The summed E-state index contributed by atoms with van der Waals surface area (Å²) in [6.07, 6.45) is 0. The Hall–Kier alpha value is -1.05. The van der Waals surface area contributed by atoms with Crippen molar-refractivity contribution < 1.29 is 9.13 Å². The first kappa shape index (κ1) is 10.0. The van der Waals surface area contributed by atoms with Gasteiger partial charge in [0.15, 0.2) is 11.6 Å². The number of hydrogen-bond acceptors (Lipinski definition) is 1. The smallest absolute Gasteiger partial charge is 0.165 e. The van der Waals surface area contributed by atoms with Gasteiger partial charge in [0.1, 0.15) is 0 Å². The van der Waals surface area contributed by atoms with Crippen molar-refractivity contribution in [2.45, 2.75) is 26.7 Å². The van der Waals surface area contributed by atoms with Gasteiger partial charge in [-0.15, -0.1) is 0 Å². The van der Waals surface area contributed by atoms with E-state index < -0.39 is 0 Å². The second-order valence-corrected chi connectivity index (χ2v) is 3.51. The molecule has 0 aromatic heterocycles. The summed E-state index contributed by atoms with van der Waals surface area (Å²) in [5.41, 5.74) is 1.86. The molecule has 1 aromatic rings. The summed E-state index contributed by atoms with van der Waals surface area (Å²) < 4.78 is 18.3. The third-order valence-corrected chi connectivity index (χ3v) is 2.12. The van der Waals surface area contributed by atoms with Crippen molar-refractivity contribution in [2.75, 3.05) is 7.11 Å². The van der Waals surface area contributed by atoms with E-state index in [0.717, 1.165) is 11.1 Å². The summed E-state index contributed by atoms with van der Waals surface area (Å²) in [6.45, 7) is 5.94. The molecular weight excluding hydrogens is 167 g/mol. The van der Waals surface area contributed by atoms with Gasteiger partial charge in [0.25, 0.3) is 0 Å². The summed E-state index contributed by atoms with van der Waals surface area (Å²) in [4.78, 5) is 0. The van der Waals surface area contributed by atoms with E-state index in [2.05, 4.69) is 0 Å². The Morgan fingerprint density at radius 2 is 1.92 bits per heavy atom. The zero-order valence-corrected chi connectivity index (χ0v) is 8.52. The number of hydrogen-bond donors (Lipinski definition) is 0. The van der Waals surface area contributed by atoms with E-state index in [4.69, 9.17) is 4.74 Å². The highest BCUT2D eigenvalue weighted by atomic mass is 19.1. The quantitative estimate of drug-likeness (QED) is 0.682. The number of rotatable bonds is 2. The van der Waals surface area contributed by atoms with Crippen molar-refractivity contribution in [1.82, 2.24) is 0 Å². The van der Waals surface area contributed by atoms with Gasteiger partial charge in [-0.1, -0.05) is 19.9 Å². The second kappa shape index (κ2) is 3.77. The molecule has 1 aromatic carbocycles. The molecule has 0 atom stereocenters. The van der Waals surface area contributed by atoms with Crippen molar-refractivity contribution in [3.05, 3.63) is 29.1 Å². The maximum atomic E-state index is 13.3. The molecule has 0 aliphatic rings. The monoisotopic (exact) mass is 182 g/mol. The average molecular weight is 182 g/mol. The molecule has 0 N–H and O–H groups in total. The zero-order valence-electron chi connectivity index (χ0n) is 8.52. The van der Waals surface area contributed by atoms with Crippen LogP contribution in [0.3, 0.4) is 0 Å². The molecule has 0 saturated carbocycles. The molecule has 1 nitrogen and oxygen atoms in total. The molecule has 0 amide bonds. The normalized spacial score (nSPS) is 10.6. The minimum atomic E-state index is -0.272. The molecule has 0 bridgehead atoms. The predicted octanol–water partition coefficient (Wildman–Crippen LogP) is 3.27. The zero-order chi connectivity index (χ0) is 10.0. The Bertz CT molecular complexity index is 282. The van der Waals surface area contributed by atoms with Gasteiger partial charge >= 0.3 is 0 Å². The number of halogens is 1. The van der Waals surface area contributed by atoms with E-state index in [1.54, 1.807) is 0 Å². The van der Waals surface area contributed by atoms with Crippen LogP contribution in [0.2, 0.25) is 0 Å². The van der Waals surface area contributed by atoms with E-state index in [1.807, 2.05) is 26.8 Å². The molecule has 0 radical (unpaired) electrons. The molecule has 0 unspecified atom stereocenters. The Morgan fingerprint density at radius 1 is 1.31 bits per heavy atom. The van der Waals surface area contributed by atoms with Crippen molar-refractivity contribution in [2.24, 2.45) is 0 Å². The first-order valence-electron chi connectivity index (χ1n) is 4.40. The SMILES string of the molecule is COc1c(C)cc(C(C)C)cc1F. The Balaban J connectivity index is 3.20. The van der Waals surface area contributed by atoms with Crippen LogP contribution in [-0.2, 0) is 0 Å². The summed E-state index contributed by atoms with van der Waals surface area (Å²) in [7, 11) is 1.49.